The van der Waals surface area contributed by atoms with Gasteiger partial charge in [-0.25, -0.2) is 0 Å². The predicted molar refractivity (Wildman–Crippen MR) is 104 cm³/mol. The van der Waals surface area contributed by atoms with Crippen LogP contribution >= 0.6 is 0 Å². The molecule has 2 aromatic rings. The minimum Gasteiger partial charge on any atom is -0.496 e. The van der Waals surface area contributed by atoms with Crippen molar-refractivity contribution in [3.63, 3.8) is 0 Å². The van der Waals surface area contributed by atoms with Crippen LogP contribution in [0.2, 0.25) is 0 Å². The van der Waals surface area contributed by atoms with Gasteiger partial charge in [0.1, 0.15) is 5.75 Å². The van der Waals surface area contributed by atoms with Crippen LogP contribution in [0.5, 0.6) is 5.75 Å². The molecular formula is C21H27N3O3. The molecule has 0 atom stereocenters. The first kappa shape index (κ1) is 19.0. The predicted octanol–water partition coefficient (Wildman–Crippen LogP) is 3.14. The van der Waals surface area contributed by atoms with Gasteiger partial charge >= 0.3 is 0 Å². The van der Waals surface area contributed by atoms with Crippen LogP contribution in [0.3, 0.4) is 0 Å². The number of rotatable bonds is 4. The first-order valence-corrected chi connectivity index (χ1v) is 9.40. The maximum absolute atomic E-state index is 13.1. The average molecular weight is 369 g/mol. The molecule has 6 nitrogen and oxygen atoms in total. The maximum Gasteiger partial charge on any atom is 0.257 e. The molecule has 144 valence electrons. The Morgan fingerprint density at radius 1 is 1.04 bits per heavy atom. The average Bonchev–Trinajstić information content (AvgIpc) is 3.11. The van der Waals surface area contributed by atoms with Crippen LogP contribution in [-0.4, -0.2) is 59.9 Å². The van der Waals surface area contributed by atoms with Gasteiger partial charge in [0, 0.05) is 38.6 Å². The molecular weight excluding hydrogens is 342 g/mol. The van der Waals surface area contributed by atoms with E-state index in [0.717, 1.165) is 12.0 Å². The molecule has 0 aliphatic carbocycles. The molecule has 1 aliphatic heterocycles. The molecule has 1 aromatic heterocycles. The van der Waals surface area contributed by atoms with E-state index in [9.17, 15) is 9.59 Å². The fourth-order valence-electron chi connectivity index (χ4n) is 3.38. The molecule has 2 heterocycles. The van der Waals surface area contributed by atoms with Gasteiger partial charge in [-0.2, -0.15) is 0 Å². The molecule has 0 spiro atoms. The van der Waals surface area contributed by atoms with Crippen molar-refractivity contribution in [2.45, 2.75) is 26.2 Å². The number of benzene rings is 1. The second-order valence-corrected chi connectivity index (χ2v) is 7.15. The highest BCUT2D eigenvalue weighted by Gasteiger charge is 2.25. The van der Waals surface area contributed by atoms with Crippen molar-refractivity contribution < 1.29 is 14.3 Å². The number of aromatic nitrogens is 1. The van der Waals surface area contributed by atoms with Crippen LogP contribution in [0.4, 0.5) is 0 Å². The third kappa shape index (κ3) is 4.15. The van der Waals surface area contributed by atoms with Gasteiger partial charge in [-0.1, -0.05) is 19.9 Å². The lowest BCUT2D eigenvalue weighted by Gasteiger charge is -2.23. The number of nitrogens with one attached hydrogen (secondary N) is 1. The monoisotopic (exact) mass is 369 g/mol. The Balaban J connectivity index is 1.72. The Morgan fingerprint density at radius 3 is 2.33 bits per heavy atom. The largest absolute Gasteiger partial charge is 0.496 e. The zero-order valence-electron chi connectivity index (χ0n) is 16.2. The van der Waals surface area contributed by atoms with Gasteiger partial charge in [0.15, 0.2) is 0 Å². The number of aromatic amines is 1. The first-order valence-electron chi connectivity index (χ1n) is 9.40. The molecule has 0 radical (unpaired) electrons. The van der Waals surface area contributed by atoms with Crippen LogP contribution in [0, 0.1) is 0 Å². The van der Waals surface area contributed by atoms with E-state index in [4.69, 9.17) is 4.74 Å². The molecule has 0 bridgehead atoms. The van der Waals surface area contributed by atoms with Gasteiger partial charge in [0.25, 0.3) is 11.8 Å². The summed E-state index contributed by atoms with van der Waals surface area (Å²) in [6.07, 6.45) is 4.21. The number of methoxy groups -OCH3 is 1. The van der Waals surface area contributed by atoms with Gasteiger partial charge in [-0.15, -0.1) is 0 Å². The third-order valence-corrected chi connectivity index (χ3v) is 5.04. The lowest BCUT2D eigenvalue weighted by atomic mass is 10.0. The summed E-state index contributed by atoms with van der Waals surface area (Å²) in [4.78, 5) is 32.1. The fourth-order valence-corrected chi connectivity index (χ4v) is 3.38. The number of ether oxygens (including phenoxy) is 1. The Bertz CT molecular complexity index is 799. The summed E-state index contributed by atoms with van der Waals surface area (Å²) in [5, 5.41) is 0. The Kier molecular flexibility index (Phi) is 5.84. The molecule has 27 heavy (non-hydrogen) atoms. The van der Waals surface area contributed by atoms with Crippen molar-refractivity contribution in [2.24, 2.45) is 0 Å². The van der Waals surface area contributed by atoms with Crippen LogP contribution in [0.25, 0.3) is 0 Å². The fraction of sp³-hybridized carbons (Fsp3) is 0.429. The van der Waals surface area contributed by atoms with E-state index in [1.807, 2.05) is 28.0 Å². The smallest absolute Gasteiger partial charge is 0.257 e. The van der Waals surface area contributed by atoms with Crippen LogP contribution in [0.15, 0.2) is 36.7 Å². The number of carbonyl (C=O) groups excluding carboxylic acids is 2. The van der Waals surface area contributed by atoms with Gasteiger partial charge in [0.05, 0.1) is 18.2 Å². The molecule has 1 aliphatic rings. The van der Waals surface area contributed by atoms with Gasteiger partial charge in [-0.3, -0.25) is 9.59 Å². The molecule has 1 saturated heterocycles. The maximum atomic E-state index is 13.1. The molecule has 0 saturated carbocycles. The van der Waals surface area contributed by atoms with Gasteiger partial charge < -0.3 is 19.5 Å². The van der Waals surface area contributed by atoms with E-state index in [1.165, 1.54) is 0 Å². The number of hydrogen-bond acceptors (Lipinski definition) is 3. The summed E-state index contributed by atoms with van der Waals surface area (Å²) in [7, 11) is 1.59. The summed E-state index contributed by atoms with van der Waals surface area (Å²) in [5.41, 5.74) is 2.37. The van der Waals surface area contributed by atoms with Crippen molar-refractivity contribution in [1.29, 1.82) is 0 Å². The van der Waals surface area contributed by atoms with E-state index >= 15 is 0 Å². The normalized spacial score (nSPS) is 15.0. The van der Waals surface area contributed by atoms with E-state index in [0.29, 0.717) is 49.0 Å². The summed E-state index contributed by atoms with van der Waals surface area (Å²) in [6.45, 7) is 6.55. The van der Waals surface area contributed by atoms with E-state index in [-0.39, 0.29) is 11.8 Å². The highest BCUT2D eigenvalue weighted by atomic mass is 16.5. The van der Waals surface area contributed by atoms with Gasteiger partial charge in [-0.05, 0) is 36.1 Å². The molecule has 1 aromatic carbocycles. The van der Waals surface area contributed by atoms with Crippen molar-refractivity contribution in [2.75, 3.05) is 33.3 Å². The Hall–Kier alpha value is -2.76. The van der Waals surface area contributed by atoms with Crippen molar-refractivity contribution >= 4 is 11.8 Å². The highest BCUT2D eigenvalue weighted by Crippen LogP contribution is 2.26. The molecule has 1 fully saturated rings. The lowest BCUT2D eigenvalue weighted by molar-refractivity contribution is 0.0717. The molecule has 0 unspecified atom stereocenters. The number of nitrogens with zero attached hydrogens (tertiary/aromatic N) is 2. The van der Waals surface area contributed by atoms with Crippen molar-refractivity contribution in [3.8, 4) is 5.75 Å². The van der Waals surface area contributed by atoms with Crippen LogP contribution in [0.1, 0.15) is 52.5 Å². The minimum atomic E-state index is -0.0434. The number of H-pyrrole nitrogens is 1. The quantitative estimate of drug-likeness (QED) is 0.900. The SMILES string of the molecule is COc1cc(C(C)C)ccc1C(=O)N1CCCN(C(=O)c2cc[nH]c2)CC1. The molecule has 6 heteroatoms. The highest BCUT2D eigenvalue weighted by molar-refractivity contribution is 5.97. The zero-order valence-corrected chi connectivity index (χ0v) is 16.2. The summed E-state index contributed by atoms with van der Waals surface area (Å²) < 4.78 is 5.47. The topological polar surface area (TPSA) is 65.6 Å². The standard InChI is InChI=1S/C21H27N3O3/c1-15(2)16-5-6-18(19(13-16)27-3)21(26)24-10-4-9-23(11-12-24)20(25)17-7-8-22-14-17/h5-8,13-15,22H,4,9-12H2,1-3H3. The second-order valence-electron chi connectivity index (χ2n) is 7.15. The molecule has 1 N–H and O–H groups in total. The number of amides is 2. The van der Waals surface area contributed by atoms with Crippen molar-refractivity contribution in [3.05, 3.63) is 53.3 Å². The number of carbonyl (C=O) groups is 2. The summed E-state index contributed by atoms with van der Waals surface area (Å²) in [6, 6.07) is 7.55. The number of hydrogen-bond donors (Lipinski definition) is 1. The van der Waals surface area contributed by atoms with Crippen LogP contribution < -0.4 is 4.74 Å². The zero-order chi connectivity index (χ0) is 19.4. The van der Waals surface area contributed by atoms with Crippen molar-refractivity contribution in [1.82, 2.24) is 14.8 Å². The Labute approximate surface area is 160 Å². The van der Waals surface area contributed by atoms with Gasteiger partial charge in [0.2, 0.25) is 0 Å². The third-order valence-electron chi connectivity index (χ3n) is 5.04. The van der Waals surface area contributed by atoms with E-state index < -0.39 is 0 Å². The minimum absolute atomic E-state index is 0.00409. The summed E-state index contributed by atoms with van der Waals surface area (Å²) >= 11 is 0. The van der Waals surface area contributed by atoms with E-state index in [1.54, 1.807) is 25.6 Å². The Morgan fingerprint density at radius 2 is 1.74 bits per heavy atom. The van der Waals surface area contributed by atoms with Crippen LogP contribution in [-0.2, 0) is 0 Å². The molecule has 2 amide bonds. The lowest BCUT2D eigenvalue weighted by Crippen LogP contribution is -2.37. The van der Waals surface area contributed by atoms with E-state index in [2.05, 4.69) is 18.8 Å². The summed E-state index contributed by atoms with van der Waals surface area (Å²) in [5.74, 6) is 0.937. The second kappa shape index (κ2) is 8.29. The first-order chi connectivity index (χ1) is 13.0. The molecule has 3 rings (SSSR count).